The van der Waals surface area contributed by atoms with Crippen molar-refractivity contribution in [2.24, 2.45) is 11.3 Å². The van der Waals surface area contributed by atoms with E-state index in [9.17, 15) is 14.7 Å². The van der Waals surface area contributed by atoms with Crippen molar-refractivity contribution in [2.45, 2.75) is 90.6 Å². The fourth-order valence-electron chi connectivity index (χ4n) is 12.0. The van der Waals surface area contributed by atoms with E-state index >= 15 is 0 Å². The number of carbonyl (C=O) groups is 2. The molecule has 0 unspecified atom stereocenters. The van der Waals surface area contributed by atoms with Crippen molar-refractivity contribution in [2.75, 3.05) is 96.8 Å². The molecule has 5 aromatic rings. The van der Waals surface area contributed by atoms with E-state index in [0.717, 1.165) is 107 Å². The summed E-state index contributed by atoms with van der Waals surface area (Å²) in [7, 11) is 1.53. The van der Waals surface area contributed by atoms with Crippen molar-refractivity contribution in [1.29, 1.82) is 0 Å². The molecule has 0 spiro atoms. The quantitative estimate of drug-likeness (QED) is 0.0971. The van der Waals surface area contributed by atoms with Crippen LogP contribution in [0.1, 0.15) is 73.8 Å². The van der Waals surface area contributed by atoms with Gasteiger partial charge in [0.2, 0.25) is 5.91 Å². The van der Waals surface area contributed by atoms with Crippen LogP contribution in [0.3, 0.4) is 0 Å². The van der Waals surface area contributed by atoms with Crippen LogP contribution in [0.5, 0.6) is 11.6 Å². The average molecular weight is 979 g/mol. The van der Waals surface area contributed by atoms with Crippen molar-refractivity contribution >= 4 is 52.0 Å². The molecule has 0 saturated carbocycles. The Morgan fingerprint density at radius 2 is 1.83 bits per heavy atom. The number of hydrogen-bond donors (Lipinski definition) is 4. The molecular formula is C54H66N12O6. The molecular weight excluding hydrogens is 913 g/mol. The number of fused-ring (bicyclic) bond motifs is 4. The van der Waals surface area contributed by atoms with Crippen molar-refractivity contribution in [3.05, 3.63) is 90.2 Å². The minimum Gasteiger partial charge on any atom is -0.487 e. The Morgan fingerprint density at radius 3 is 2.61 bits per heavy atom. The molecule has 2 atom stereocenters. The van der Waals surface area contributed by atoms with E-state index in [2.05, 4.69) is 78.6 Å². The molecule has 378 valence electrons. The van der Waals surface area contributed by atoms with Gasteiger partial charge < -0.3 is 49.6 Å². The zero-order chi connectivity index (χ0) is 49.7. The summed E-state index contributed by atoms with van der Waals surface area (Å²) < 4.78 is 19.7. The van der Waals surface area contributed by atoms with E-state index in [4.69, 9.17) is 24.2 Å². The number of nitrogens with one attached hydrogen (secondary N) is 3. The van der Waals surface area contributed by atoms with Gasteiger partial charge in [-0.25, -0.2) is 19.9 Å². The molecule has 11 rings (SSSR count). The highest BCUT2D eigenvalue weighted by Crippen LogP contribution is 2.42. The SMILES string of the molecule is C=CC(=O)Nc1cc(Nc2nc(-c3ccnc(N4CCn5c(cc6c5CC(C)(C)C6)C4=O)c3CO)cnc2OC)ccc1N1CCN(C2CCN(c3cnc4c(c3)OC[C@@H](C3CCOCC3)N4)CC2)C[C@@H]1C. The molecule has 3 saturated heterocycles. The van der Waals surface area contributed by atoms with E-state index in [1.54, 1.807) is 23.4 Å². The first-order valence-electron chi connectivity index (χ1n) is 25.6. The van der Waals surface area contributed by atoms with E-state index in [1.165, 1.54) is 24.4 Å². The van der Waals surface area contributed by atoms with Gasteiger partial charge in [-0.2, -0.15) is 0 Å². The second-order valence-electron chi connectivity index (χ2n) is 20.9. The van der Waals surface area contributed by atoms with E-state index in [1.807, 2.05) is 30.5 Å². The van der Waals surface area contributed by atoms with Gasteiger partial charge in [0, 0.05) is 106 Å². The number of ether oxygens (including phenoxy) is 3. The molecule has 1 aromatic carbocycles. The maximum absolute atomic E-state index is 14.1. The highest BCUT2D eigenvalue weighted by atomic mass is 16.5. The summed E-state index contributed by atoms with van der Waals surface area (Å²) in [4.78, 5) is 55.1. The Hall–Kier alpha value is -6.76. The second-order valence-corrected chi connectivity index (χ2v) is 20.9. The van der Waals surface area contributed by atoms with Gasteiger partial charge >= 0.3 is 0 Å². The number of rotatable bonds is 12. The van der Waals surface area contributed by atoms with Gasteiger partial charge in [-0.1, -0.05) is 20.4 Å². The Labute approximate surface area is 420 Å². The summed E-state index contributed by atoms with van der Waals surface area (Å²) in [6.07, 6.45) is 12.6. The highest BCUT2D eigenvalue weighted by molar-refractivity contribution is 6.06. The lowest BCUT2D eigenvalue weighted by molar-refractivity contribution is -0.111. The maximum atomic E-state index is 14.1. The summed E-state index contributed by atoms with van der Waals surface area (Å²) >= 11 is 0. The minimum atomic E-state index is -0.371. The van der Waals surface area contributed by atoms with E-state index < -0.39 is 0 Å². The van der Waals surface area contributed by atoms with Crippen LogP contribution in [0.15, 0.2) is 67.6 Å². The summed E-state index contributed by atoms with van der Waals surface area (Å²) in [6, 6.07) is 12.7. The number of piperazine rings is 1. The number of methoxy groups -OCH3 is 1. The van der Waals surface area contributed by atoms with Crippen LogP contribution in [0.25, 0.3) is 11.3 Å². The van der Waals surface area contributed by atoms with Crippen molar-refractivity contribution in [3.63, 3.8) is 0 Å². The number of aliphatic hydroxyl groups is 1. The number of pyridine rings is 2. The van der Waals surface area contributed by atoms with Gasteiger partial charge in [-0.05, 0) is 98.8 Å². The number of benzene rings is 1. The van der Waals surface area contributed by atoms with Gasteiger partial charge in [0.1, 0.15) is 18.1 Å². The highest BCUT2D eigenvalue weighted by Gasteiger charge is 2.38. The molecule has 18 nitrogen and oxygen atoms in total. The van der Waals surface area contributed by atoms with Crippen LogP contribution in [0.4, 0.5) is 40.2 Å². The minimum absolute atomic E-state index is 0.139. The Bertz CT molecular complexity index is 2870. The van der Waals surface area contributed by atoms with Crippen LogP contribution < -0.4 is 40.1 Å². The van der Waals surface area contributed by atoms with Gasteiger partial charge in [0.05, 0.1) is 54.9 Å². The number of amides is 2. The number of nitrogens with zero attached hydrogens (tertiary/aromatic N) is 9. The number of aromatic nitrogens is 5. The van der Waals surface area contributed by atoms with Crippen LogP contribution >= 0.6 is 0 Å². The standard InChI is InChI=1S/C54H66N12O6/c1-6-48(68)59-41-24-36(58-50-52(70-5)57-29-42(60-50)39-9-14-55-51(40(39)31-67)66-20-19-65-45(53(66)69)23-35-26-54(3,4)27-46(35)65)7-8-44(41)64-18-17-63(30-33(64)2)37-10-15-62(16-11-37)38-25-47-49(56-28-38)61-43(32-72-47)34-12-21-71-22-13-34/h6-9,14,23-25,28-29,33-34,37,43,67H,1,10-13,15-22,26-27,30-32H2,2-5H3,(H,56,61)(H,58,60)(H,59,68)/t33-,43-/m0/s1. The van der Waals surface area contributed by atoms with Crippen LogP contribution in [-0.2, 0) is 35.5 Å². The van der Waals surface area contributed by atoms with Crippen LogP contribution in [0.2, 0.25) is 0 Å². The number of aliphatic hydroxyl groups excluding tert-OH is 1. The summed E-state index contributed by atoms with van der Waals surface area (Å²) in [5, 5.41) is 21.0. The smallest absolute Gasteiger partial charge is 0.276 e. The van der Waals surface area contributed by atoms with Crippen LogP contribution in [0, 0.1) is 11.3 Å². The molecule has 5 aliphatic heterocycles. The molecule has 0 bridgehead atoms. The first kappa shape index (κ1) is 47.6. The molecule has 4 aromatic heterocycles. The number of hydrogen-bond acceptors (Lipinski definition) is 15. The predicted molar refractivity (Wildman–Crippen MR) is 278 cm³/mol. The largest absolute Gasteiger partial charge is 0.487 e. The molecule has 72 heavy (non-hydrogen) atoms. The first-order chi connectivity index (χ1) is 35.0. The second kappa shape index (κ2) is 19.7. The van der Waals surface area contributed by atoms with Crippen LogP contribution in [-0.4, -0.2) is 131 Å². The summed E-state index contributed by atoms with van der Waals surface area (Å²) in [5.41, 5.74) is 8.11. The molecule has 3 fully saturated rings. The zero-order valence-corrected chi connectivity index (χ0v) is 41.8. The Morgan fingerprint density at radius 1 is 1.00 bits per heavy atom. The van der Waals surface area contributed by atoms with E-state index in [-0.39, 0.29) is 41.8 Å². The third-order valence-corrected chi connectivity index (χ3v) is 15.7. The molecule has 0 radical (unpaired) electrons. The summed E-state index contributed by atoms with van der Waals surface area (Å²) in [5.74, 6) is 2.73. The molecule has 6 aliphatic rings. The average Bonchev–Trinajstić information content (AvgIpc) is 3.90. The zero-order valence-electron chi connectivity index (χ0n) is 41.8. The van der Waals surface area contributed by atoms with Gasteiger partial charge in [0.15, 0.2) is 17.4 Å². The fourth-order valence-corrected chi connectivity index (χ4v) is 12.0. The predicted octanol–water partition coefficient (Wildman–Crippen LogP) is 6.67. The normalized spacial score (nSPS) is 21.3. The number of piperidine rings is 1. The van der Waals surface area contributed by atoms with Crippen molar-refractivity contribution < 1.29 is 28.9 Å². The number of anilines is 7. The monoisotopic (exact) mass is 979 g/mol. The lowest BCUT2D eigenvalue weighted by Gasteiger charge is -2.47. The summed E-state index contributed by atoms with van der Waals surface area (Å²) in [6.45, 7) is 17.9. The molecule has 1 aliphatic carbocycles. The lowest BCUT2D eigenvalue weighted by Crippen LogP contribution is -2.57. The Balaban J connectivity index is 0.761. The van der Waals surface area contributed by atoms with E-state index in [0.29, 0.717) is 77.2 Å². The van der Waals surface area contributed by atoms with Gasteiger partial charge in [-0.3, -0.25) is 19.4 Å². The molecule has 2 amide bonds. The topological polar surface area (TPSA) is 188 Å². The van der Waals surface area contributed by atoms with Crippen molar-refractivity contribution in [3.8, 4) is 22.9 Å². The number of carbonyl (C=O) groups excluding carboxylic acids is 2. The lowest BCUT2D eigenvalue weighted by atomic mass is 9.90. The third kappa shape index (κ3) is 9.19. The third-order valence-electron chi connectivity index (χ3n) is 15.7. The van der Waals surface area contributed by atoms with Gasteiger partial charge in [0.25, 0.3) is 11.8 Å². The molecule has 9 heterocycles. The van der Waals surface area contributed by atoms with Crippen molar-refractivity contribution in [1.82, 2.24) is 29.4 Å². The first-order valence-corrected chi connectivity index (χ1v) is 25.6. The maximum Gasteiger partial charge on any atom is 0.276 e. The fraction of sp³-hybridized carbons (Fsp3) is 0.481. The Kier molecular flexibility index (Phi) is 13.0. The molecule has 18 heteroatoms. The molecule has 4 N–H and O–H groups in total. The van der Waals surface area contributed by atoms with Gasteiger partial charge in [-0.15, -0.1) is 0 Å².